The summed E-state index contributed by atoms with van der Waals surface area (Å²) in [6.07, 6.45) is 0. The Morgan fingerprint density at radius 3 is 1.25 bits per heavy atom. The standard InChI is InChI=1S/C59H46O2/c1-57(2)47-28-9-11-32-51(47)60-55-41(24-16-30-49(55)57)35-19-13-21-38-44(35)34-45-36(42-25-17-31-50-56(42)61-52-33-12-10-29-48(52)58(50,3)4)20-14-22-39(45)53(38)43-26-15-23-40-37-18-7-8-27-46(37)59(5,6)54(40)43/h7-34H,1-6H3. The Balaban J connectivity index is 1.19. The summed E-state index contributed by atoms with van der Waals surface area (Å²) in [5.41, 5.74) is 16.5. The molecule has 1 aliphatic carbocycles. The molecule has 2 nitrogen and oxygen atoms in total. The van der Waals surface area contributed by atoms with Gasteiger partial charge in [0.25, 0.3) is 0 Å². The lowest BCUT2D eigenvalue weighted by molar-refractivity contribution is 0.419. The predicted octanol–water partition coefficient (Wildman–Crippen LogP) is 16.2. The molecule has 0 saturated heterocycles. The van der Waals surface area contributed by atoms with Crippen LogP contribution in [-0.4, -0.2) is 0 Å². The van der Waals surface area contributed by atoms with E-state index in [0.29, 0.717) is 0 Å². The molecule has 0 unspecified atom stereocenters. The molecule has 9 aromatic rings. The van der Waals surface area contributed by atoms with Crippen LogP contribution < -0.4 is 9.47 Å². The molecule has 61 heavy (non-hydrogen) atoms. The highest BCUT2D eigenvalue weighted by molar-refractivity contribution is 6.20. The number of hydrogen-bond donors (Lipinski definition) is 0. The number of hydrogen-bond acceptors (Lipinski definition) is 2. The molecule has 0 atom stereocenters. The van der Waals surface area contributed by atoms with Gasteiger partial charge in [-0.1, -0.05) is 193 Å². The molecule has 2 heterocycles. The molecular weight excluding hydrogens is 741 g/mol. The topological polar surface area (TPSA) is 18.5 Å². The molecule has 0 fully saturated rings. The maximum absolute atomic E-state index is 6.96. The molecule has 0 N–H and O–H groups in total. The Hall–Kier alpha value is -6.90. The van der Waals surface area contributed by atoms with Crippen LogP contribution >= 0.6 is 0 Å². The fourth-order valence-corrected chi connectivity index (χ4v) is 11.3. The zero-order valence-electron chi connectivity index (χ0n) is 35.5. The first-order chi connectivity index (χ1) is 29.5. The summed E-state index contributed by atoms with van der Waals surface area (Å²) in [4.78, 5) is 0. The van der Waals surface area contributed by atoms with Crippen LogP contribution in [0.15, 0.2) is 170 Å². The molecule has 9 aromatic carbocycles. The van der Waals surface area contributed by atoms with E-state index >= 15 is 0 Å². The minimum Gasteiger partial charge on any atom is -0.456 e. The lowest BCUT2D eigenvalue weighted by atomic mass is 9.74. The van der Waals surface area contributed by atoms with Gasteiger partial charge in [-0.2, -0.15) is 0 Å². The number of benzene rings is 9. The van der Waals surface area contributed by atoms with Crippen LogP contribution in [0.5, 0.6) is 23.0 Å². The Morgan fingerprint density at radius 2 is 0.689 bits per heavy atom. The molecule has 0 amide bonds. The minimum absolute atomic E-state index is 0.205. The molecule has 0 aromatic heterocycles. The third-order valence-corrected chi connectivity index (χ3v) is 14.4. The Kier molecular flexibility index (Phi) is 7.41. The Morgan fingerprint density at radius 1 is 0.295 bits per heavy atom. The Labute approximate surface area is 358 Å². The highest BCUT2D eigenvalue weighted by Gasteiger charge is 2.40. The van der Waals surface area contributed by atoms with Gasteiger partial charge in [-0.05, 0) is 84.3 Å². The molecule has 2 heteroatoms. The van der Waals surface area contributed by atoms with Gasteiger partial charge in [0, 0.05) is 49.6 Å². The molecule has 2 aliphatic heterocycles. The summed E-state index contributed by atoms with van der Waals surface area (Å²) in [6, 6.07) is 62.4. The fraction of sp³-hybridized carbons (Fsp3) is 0.153. The summed E-state index contributed by atoms with van der Waals surface area (Å²) in [5, 5.41) is 4.82. The van der Waals surface area contributed by atoms with Crippen molar-refractivity contribution in [1.29, 1.82) is 0 Å². The van der Waals surface area contributed by atoms with Gasteiger partial charge in [-0.15, -0.1) is 0 Å². The highest BCUT2D eigenvalue weighted by atomic mass is 16.5. The van der Waals surface area contributed by atoms with Crippen molar-refractivity contribution in [2.75, 3.05) is 0 Å². The highest BCUT2D eigenvalue weighted by Crippen LogP contribution is 2.57. The van der Waals surface area contributed by atoms with Crippen molar-refractivity contribution in [2.45, 2.75) is 57.8 Å². The van der Waals surface area contributed by atoms with E-state index in [0.717, 1.165) is 45.3 Å². The molecule has 3 aliphatic rings. The molecule has 12 rings (SSSR count). The number of fused-ring (bicyclic) bond motifs is 9. The number of ether oxygens (including phenoxy) is 2. The summed E-state index contributed by atoms with van der Waals surface area (Å²) in [5.74, 6) is 3.69. The van der Waals surface area contributed by atoms with E-state index in [2.05, 4.69) is 211 Å². The zero-order valence-corrected chi connectivity index (χ0v) is 35.5. The van der Waals surface area contributed by atoms with E-state index in [-0.39, 0.29) is 16.2 Å². The van der Waals surface area contributed by atoms with Crippen LogP contribution in [0, 0.1) is 0 Å². The van der Waals surface area contributed by atoms with Crippen LogP contribution in [-0.2, 0) is 16.2 Å². The minimum atomic E-state index is -0.236. The monoisotopic (exact) mass is 786 g/mol. The smallest absolute Gasteiger partial charge is 0.139 e. The lowest BCUT2D eigenvalue weighted by Gasteiger charge is -2.35. The maximum atomic E-state index is 6.96. The summed E-state index contributed by atoms with van der Waals surface area (Å²) < 4.78 is 13.9. The molecule has 294 valence electrons. The van der Waals surface area contributed by atoms with Gasteiger partial charge in [-0.25, -0.2) is 0 Å². The maximum Gasteiger partial charge on any atom is 0.139 e. The fourth-order valence-electron chi connectivity index (χ4n) is 11.3. The average molecular weight is 787 g/mol. The van der Waals surface area contributed by atoms with E-state index < -0.39 is 0 Å². The van der Waals surface area contributed by atoms with Crippen molar-refractivity contribution < 1.29 is 9.47 Å². The van der Waals surface area contributed by atoms with Gasteiger partial charge in [-0.3, -0.25) is 0 Å². The average Bonchev–Trinajstić information content (AvgIpc) is 3.51. The second-order valence-corrected chi connectivity index (χ2v) is 18.8. The first-order valence-electron chi connectivity index (χ1n) is 21.6. The SMILES string of the molecule is CC1(C)c2ccccc2Oc2c(-c3cccc4c(-c5cccc6c5C(C)(C)c5ccccc5-6)c5cccc(-c6cccc7c6Oc6ccccc6C7(C)C)c5cc34)cccc21. The van der Waals surface area contributed by atoms with Crippen molar-refractivity contribution >= 4 is 21.5 Å². The number of rotatable bonds is 3. The van der Waals surface area contributed by atoms with E-state index in [1.54, 1.807) is 0 Å². The Bertz CT molecular complexity index is 3170. The molecule has 0 spiro atoms. The van der Waals surface area contributed by atoms with Gasteiger partial charge >= 0.3 is 0 Å². The zero-order chi connectivity index (χ0) is 41.4. The van der Waals surface area contributed by atoms with Gasteiger partial charge in [0.2, 0.25) is 0 Å². The van der Waals surface area contributed by atoms with Crippen LogP contribution in [0.1, 0.15) is 74.9 Å². The summed E-state index contributed by atoms with van der Waals surface area (Å²) in [6.45, 7) is 14.1. The summed E-state index contributed by atoms with van der Waals surface area (Å²) >= 11 is 0. The third kappa shape index (κ3) is 4.91. The van der Waals surface area contributed by atoms with Gasteiger partial charge in [0.1, 0.15) is 23.0 Å². The molecule has 0 radical (unpaired) electrons. The van der Waals surface area contributed by atoms with Crippen LogP contribution in [0.4, 0.5) is 0 Å². The molecule has 0 saturated carbocycles. The first kappa shape index (κ1) is 36.0. The van der Waals surface area contributed by atoms with Crippen LogP contribution in [0.3, 0.4) is 0 Å². The van der Waals surface area contributed by atoms with E-state index in [4.69, 9.17) is 9.47 Å². The number of para-hydroxylation sites is 4. The van der Waals surface area contributed by atoms with Crippen molar-refractivity contribution in [3.8, 4) is 67.5 Å². The van der Waals surface area contributed by atoms with E-state index in [1.165, 1.54) is 77.2 Å². The lowest BCUT2D eigenvalue weighted by Crippen LogP contribution is -2.24. The first-order valence-corrected chi connectivity index (χ1v) is 21.6. The van der Waals surface area contributed by atoms with Gasteiger partial charge in [0.15, 0.2) is 0 Å². The summed E-state index contributed by atoms with van der Waals surface area (Å²) in [7, 11) is 0. The normalized spacial score (nSPS) is 15.7. The van der Waals surface area contributed by atoms with E-state index in [1.807, 2.05) is 0 Å². The quantitative estimate of drug-likeness (QED) is 0.166. The van der Waals surface area contributed by atoms with Crippen LogP contribution in [0.2, 0.25) is 0 Å². The van der Waals surface area contributed by atoms with E-state index in [9.17, 15) is 0 Å². The largest absolute Gasteiger partial charge is 0.456 e. The van der Waals surface area contributed by atoms with Crippen molar-refractivity contribution in [3.05, 3.63) is 203 Å². The molecular formula is C59H46O2. The van der Waals surface area contributed by atoms with Crippen molar-refractivity contribution in [3.63, 3.8) is 0 Å². The van der Waals surface area contributed by atoms with Crippen LogP contribution in [0.25, 0.3) is 66.1 Å². The second kappa shape index (κ2) is 12.6. The van der Waals surface area contributed by atoms with Crippen molar-refractivity contribution in [1.82, 2.24) is 0 Å². The van der Waals surface area contributed by atoms with Gasteiger partial charge < -0.3 is 9.47 Å². The predicted molar refractivity (Wildman–Crippen MR) is 253 cm³/mol. The van der Waals surface area contributed by atoms with Gasteiger partial charge in [0.05, 0.1) is 0 Å². The molecule has 0 bridgehead atoms. The third-order valence-electron chi connectivity index (χ3n) is 14.4. The second-order valence-electron chi connectivity index (χ2n) is 18.8. The van der Waals surface area contributed by atoms with Crippen molar-refractivity contribution in [2.24, 2.45) is 0 Å².